The van der Waals surface area contributed by atoms with E-state index in [1.165, 1.54) is 6.07 Å². The predicted molar refractivity (Wildman–Crippen MR) is 60.8 cm³/mol. The number of hydrogen-bond acceptors (Lipinski definition) is 4. The number of hydrogen-bond donors (Lipinski definition) is 1. The Kier molecular flexibility index (Phi) is 4.53. The molecule has 0 amide bonds. The largest absolute Gasteiger partial charge is 0.574 e. The summed E-state index contributed by atoms with van der Waals surface area (Å²) >= 11 is 1.82. The number of rotatable bonds is 3. The number of pyridine rings is 1. The molecule has 0 unspecified atom stereocenters. The van der Waals surface area contributed by atoms with Crippen LogP contribution in [0.1, 0.15) is 11.3 Å². The summed E-state index contributed by atoms with van der Waals surface area (Å²) in [6, 6.07) is 3.29. The molecule has 4 nitrogen and oxygen atoms in total. The molecule has 1 heterocycles. The number of alkyl halides is 3. The topological polar surface area (TPSA) is 71.9 Å². The molecule has 2 N–H and O–H groups in total. The molecule has 0 atom stereocenters. The van der Waals surface area contributed by atoms with E-state index < -0.39 is 12.2 Å². The lowest BCUT2D eigenvalue weighted by atomic mass is 10.2. The SMILES string of the molecule is N#CCc1c(I)cc(CN)nc1OC(F)(F)F. The van der Waals surface area contributed by atoms with E-state index in [0.29, 0.717) is 3.57 Å². The zero-order valence-electron chi connectivity index (χ0n) is 8.38. The van der Waals surface area contributed by atoms with E-state index in [-0.39, 0.29) is 24.2 Å². The van der Waals surface area contributed by atoms with Crippen LogP contribution in [0.3, 0.4) is 0 Å². The molecule has 0 aromatic carbocycles. The lowest BCUT2D eigenvalue weighted by Gasteiger charge is -2.13. The van der Waals surface area contributed by atoms with Crippen molar-refractivity contribution in [3.63, 3.8) is 0 Å². The van der Waals surface area contributed by atoms with Gasteiger partial charge in [-0.2, -0.15) is 5.26 Å². The molecule has 92 valence electrons. The second-order valence-electron chi connectivity index (χ2n) is 2.97. The average Bonchev–Trinajstić information content (AvgIpc) is 2.20. The summed E-state index contributed by atoms with van der Waals surface area (Å²) in [6.45, 7) is -0.00292. The van der Waals surface area contributed by atoms with Crippen LogP contribution < -0.4 is 10.5 Å². The summed E-state index contributed by atoms with van der Waals surface area (Å²) in [5.74, 6) is -0.605. The van der Waals surface area contributed by atoms with Crippen molar-refractivity contribution in [2.75, 3.05) is 0 Å². The number of halogens is 4. The normalized spacial score (nSPS) is 11.1. The highest BCUT2D eigenvalue weighted by molar-refractivity contribution is 14.1. The summed E-state index contributed by atoms with van der Waals surface area (Å²) in [6.07, 6.45) is -5.05. The molecule has 1 rings (SSSR count). The molecule has 0 aliphatic carbocycles. The Morgan fingerprint density at radius 1 is 1.53 bits per heavy atom. The van der Waals surface area contributed by atoms with E-state index >= 15 is 0 Å². The van der Waals surface area contributed by atoms with Crippen molar-refractivity contribution >= 4 is 22.6 Å². The van der Waals surface area contributed by atoms with Gasteiger partial charge in [0.15, 0.2) is 0 Å². The van der Waals surface area contributed by atoms with Crippen molar-refractivity contribution in [1.82, 2.24) is 4.98 Å². The Morgan fingerprint density at radius 3 is 2.65 bits per heavy atom. The zero-order chi connectivity index (χ0) is 13.1. The monoisotopic (exact) mass is 357 g/mol. The highest BCUT2D eigenvalue weighted by atomic mass is 127. The first-order valence-corrected chi connectivity index (χ1v) is 5.46. The predicted octanol–water partition coefficient (Wildman–Crippen LogP) is 2.11. The van der Waals surface area contributed by atoms with Gasteiger partial charge in [-0.1, -0.05) is 0 Å². The molecule has 17 heavy (non-hydrogen) atoms. The molecule has 1 aromatic heterocycles. The van der Waals surface area contributed by atoms with E-state index in [1.807, 2.05) is 22.6 Å². The summed E-state index contributed by atoms with van der Waals surface area (Å²) in [5, 5.41) is 8.55. The first-order valence-electron chi connectivity index (χ1n) is 4.38. The van der Waals surface area contributed by atoms with Gasteiger partial charge in [0.25, 0.3) is 0 Å². The Morgan fingerprint density at radius 2 is 2.18 bits per heavy atom. The Balaban J connectivity index is 3.23. The number of ether oxygens (including phenoxy) is 1. The lowest BCUT2D eigenvalue weighted by Crippen LogP contribution is -2.20. The third-order valence-electron chi connectivity index (χ3n) is 1.76. The third kappa shape index (κ3) is 4.01. The minimum Gasteiger partial charge on any atom is -0.387 e. The molecule has 0 aliphatic heterocycles. The molecule has 0 spiro atoms. The van der Waals surface area contributed by atoms with Gasteiger partial charge in [0.05, 0.1) is 18.2 Å². The maximum absolute atomic E-state index is 12.2. The summed E-state index contributed by atoms with van der Waals surface area (Å²) in [4.78, 5) is 3.63. The van der Waals surface area contributed by atoms with Crippen molar-refractivity contribution in [2.24, 2.45) is 5.73 Å². The second kappa shape index (κ2) is 5.50. The average molecular weight is 357 g/mol. The molecule has 0 saturated heterocycles. The van der Waals surface area contributed by atoms with Crippen LogP contribution in [0.2, 0.25) is 0 Å². The minimum absolute atomic E-state index is 0.00292. The van der Waals surface area contributed by atoms with Gasteiger partial charge in [0.2, 0.25) is 5.88 Å². The van der Waals surface area contributed by atoms with E-state index in [2.05, 4.69) is 9.72 Å². The fourth-order valence-electron chi connectivity index (χ4n) is 1.10. The molecule has 8 heteroatoms. The van der Waals surface area contributed by atoms with Crippen LogP contribution in [0, 0.1) is 14.9 Å². The highest BCUT2D eigenvalue weighted by Gasteiger charge is 2.33. The smallest absolute Gasteiger partial charge is 0.387 e. The zero-order valence-corrected chi connectivity index (χ0v) is 10.5. The van der Waals surface area contributed by atoms with Gasteiger partial charge in [-0.15, -0.1) is 13.2 Å². The van der Waals surface area contributed by atoms with Crippen LogP contribution in [-0.2, 0) is 13.0 Å². The fourth-order valence-corrected chi connectivity index (χ4v) is 1.88. The van der Waals surface area contributed by atoms with E-state index in [4.69, 9.17) is 11.0 Å². The molecule has 0 fully saturated rings. The van der Waals surface area contributed by atoms with Gasteiger partial charge in [0, 0.05) is 15.7 Å². The van der Waals surface area contributed by atoms with Crippen molar-refractivity contribution in [3.05, 3.63) is 20.9 Å². The van der Waals surface area contributed by atoms with Crippen LogP contribution >= 0.6 is 22.6 Å². The van der Waals surface area contributed by atoms with Crippen molar-refractivity contribution < 1.29 is 17.9 Å². The van der Waals surface area contributed by atoms with Crippen molar-refractivity contribution in [3.8, 4) is 11.9 Å². The van der Waals surface area contributed by atoms with Gasteiger partial charge in [-0.25, -0.2) is 4.98 Å². The van der Waals surface area contributed by atoms with Crippen LogP contribution in [0.15, 0.2) is 6.07 Å². The van der Waals surface area contributed by atoms with E-state index in [9.17, 15) is 13.2 Å². The molecule has 0 aliphatic rings. The molecule has 0 bridgehead atoms. The number of aromatic nitrogens is 1. The summed E-state index contributed by atoms with van der Waals surface area (Å²) in [7, 11) is 0. The fraction of sp³-hybridized carbons (Fsp3) is 0.333. The number of nitriles is 1. The Hall–Kier alpha value is -1.08. The first kappa shape index (κ1) is 14.0. The maximum Gasteiger partial charge on any atom is 0.574 e. The van der Waals surface area contributed by atoms with Gasteiger partial charge < -0.3 is 10.5 Å². The summed E-state index contributed by atoms with van der Waals surface area (Å²) < 4.78 is 40.7. The van der Waals surface area contributed by atoms with Crippen molar-refractivity contribution in [2.45, 2.75) is 19.3 Å². The van der Waals surface area contributed by atoms with Crippen LogP contribution in [0.4, 0.5) is 13.2 Å². The maximum atomic E-state index is 12.2. The van der Waals surface area contributed by atoms with Gasteiger partial charge in [-0.3, -0.25) is 0 Å². The molecule has 1 aromatic rings. The minimum atomic E-state index is -4.84. The Bertz CT molecular complexity index is 456. The highest BCUT2D eigenvalue weighted by Crippen LogP contribution is 2.28. The quantitative estimate of drug-likeness (QED) is 0.842. The van der Waals surface area contributed by atoms with Crippen LogP contribution in [-0.4, -0.2) is 11.3 Å². The molecule has 0 saturated carbocycles. The van der Waals surface area contributed by atoms with Gasteiger partial charge in [-0.05, 0) is 28.7 Å². The first-order chi connectivity index (χ1) is 7.87. The molecule has 0 radical (unpaired) electrons. The van der Waals surface area contributed by atoms with Gasteiger partial charge in [0.1, 0.15) is 0 Å². The lowest BCUT2D eigenvalue weighted by molar-refractivity contribution is -0.276. The van der Waals surface area contributed by atoms with Gasteiger partial charge >= 0.3 is 6.36 Å². The second-order valence-corrected chi connectivity index (χ2v) is 4.13. The molecular weight excluding hydrogens is 350 g/mol. The van der Waals surface area contributed by atoms with Crippen molar-refractivity contribution in [1.29, 1.82) is 5.26 Å². The van der Waals surface area contributed by atoms with Crippen LogP contribution in [0.25, 0.3) is 0 Å². The summed E-state index contributed by atoms with van der Waals surface area (Å²) in [5.41, 5.74) is 5.69. The Labute approximate surface area is 109 Å². The van der Waals surface area contributed by atoms with E-state index in [1.54, 1.807) is 6.07 Å². The number of nitrogens with zero attached hydrogens (tertiary/aromatic N) is 2. The van der Waals surface area contributed by atoms with E-state index in [0.717, 1.165) is 0 Å². The number of nitrogens with two attached hydrogens (primary N) is 1. The standard InChI is InChI=1S/C9H7F3IN3O/c10-9(11,12)17-8-6(1-2-14)7(13)3-5(4-15)16-8/h3H,1,4,15H2. The third-order valence-corrected chi connectivity index (χ3v) is 2.72. The molecular formula is C9H7F3IN3O. The van der Waals surface area contributed by atoms with Crippen LogP contribution in [0.5, 0.6) is 5.88 Å².